The van der Waals surface area contributed by atoms with Gasteiger partial charge in [0.1, 0.15) is 0 Å². The summed E-state index contributed by atoms with van der Waals surface area (Å²) < 4.78 is 1.71. The molecule has 0 radical (unpaired) electrons. The third-order valence-electron chi connectivity index (χ3n) is 5.08. The molecule has 1 aromatic carbocycles. The molecule has 2 aromatic heterocycles. The number of aromatic nitrogens is 2. The number of hydrogen-bond acceptors (Lipinski definition) is 3. The number of aryl methyl sites for hydroxylation is 1. The number of rotatable bonds is 4. The summed E-state index contributed by atoms with van der Waals surface area (Å²) in [6.07, 6.45) is 6.26. The molecule has 0 saturated carbocycles. The third-order valence-corrected chi connectivity index (χ3v) is 5.31. The number of piperidine rings is 1. The average molecular weight is 383 g/mol. The van der Waals surface area contributed by atoms with Crippen molar-refractivity contribution in [3.63, 3.8) is 0 Å². The zero-order valence-corrected chi connectivity index (χ0v) is 16.2. The molecule has 3 heterocycles. The van der Waals surface area contributed by atoms with Crippen LogP contribution in [0.3, 0.4) is 0 Å². The largest absolute Gasteiger partial charge is 0.372 e. The van der Waals surface area contributed by atoms with Crippen LogP contribution in [0.4, 0.5) is 11.4 Å². The number of pyridine rings is 1. The zero-order chi connectivity index (χ0) is 18.8. The number of carbonyl (C=O) groups excluding carboxylic acids is 1. The van der Waals surface area contributed by atoms with Crippen molar-refractivity contribution in [3.05, 3.63) is 58.9 Å². The molecule has 1 fully saturated rings. The fourth-order valence-corrected chi connectivity index (χ4v) is 3.82. The first-order valence-electron chi connectivity index (χ1n) is 9.49. The van der Waals surface area contributed by atoms with Crippen LogP contribution in [-0.2, 0) is 6.42 Å². The molecular formula is C21H23ClN4O. The van der Waals surface area contributed by atoms with Crippen LogP contribution in [0.2, 0.25) is 5.02 Å². The van der Waals surface area contributed by atoms with Gasteiger partial charge >= 0.3 is 0 Å². The average Bonchev–Trinajstić information content (AvgIpc) is 3.07. The standard InChI is InChI=1S/C21H23ClN4O/c1-2-18-20(19-14-15(22)10-13-26(19)24-18)21(27)23-16-6-8-17(9-7-16)25-11-4-3-5-12-25/h6-10,13-14H,2-5,11-12H2,1H3,(H,23,27). The molecule has 0 atom stereocenters. The molecule has 0 bridgehead atoms. The SMILES string of the molecule is CCc1nn2ccc(Cl)cc2c1C(=O)Nc1ccc(N2CCCCC2)cc1. The summed E-state index contributed by atoms with van der Waals surface area (Å²) in [5.74, 6) is -0.158. The number of halogens is 1. The van der Waals surface area contributed by atoms with Gasteiger partial charge in [-0.2, -0.15) is 5.10 Å². The monoisotopic (exact) mass is 382 g/mol. The number of benzene rings is 1. The van der Waals surface area contributed by atoms with E-state index in [1.54, 1.807) is 22.8 Å². The fourth-order valence-electron chi connectivity index (χ4n) is 3.66. The molecule has 0 spiro atoms. The third kappa shape index (κ3) is 3.65. The van der Waals surface area contributed by atoms with E-state index in [9.17, 15) is 4.79 Å². The maximum absolute atomic E-state index is 12.9. The lowest BCUT2D eigenvalue weighted by molar-refractivity contribution is 0.102. The van der Waals surface area contributed by atoms with E-state index in [1.807, 2.05) is 19.1 Å². The molecule has 1 saturated heterocycles. The first-order chi connectivity index (χ1) is 13.2. The van der Waals surface area contributed by atoms with Crippen molar-refractivity contribution < 1.29 is 4.79 Å². The quantitative estimate of drug-likeness (QED) is 0.705. The molecule has 0 unspecified atom stereocenters. The minimum absolute atomic E-state index is 0.158. The zero-order valence-electron chi connectivity index (χ0n) is 15.4. The summed E-state index contributed by atoms with van der Waals surface area (Å²) in [6.45, 7) is 4.21. The summed E-state index contributed by atoms with van der Waals surface area (Å²) in [7, 11) is 0. The summed E-state index contributed by atoms with van der Waals surface area (Å²) in [5, 5.41) is 8.10. The van der Waals surface area contributed by atoms with Crippen molar-refractivity contribution in [1.29, 1.82) is 0 Å². The lowest BCUT2D eigenvalue weighted by Gasteiger charge is -2.28. The van der Waals surface area contributed by atoms with Gasteiger partial charge in [-0.25, -0.2) is 4.52 Å². The van der Waals surface area contributed by atoms with Crippen LogP contribution < -0.4 is 10.2 Å². The predicted molar refractivity (Wildman–Crippen MR) is 110 cm³/mol. The summed E-state index contributed by atoms with van der Waals surface area (Å²) in [5.41, 5.74) is 4.07. The Morgan fingerprint density at radius 2 is 1.89 bits per heavy atom. The smallest absolute Gasteiger partial charge is 0.259 e. The summed E-state index contributed by atoms with van der Waals surface area (Å²) in [6, 6.07) is 11.6. The number of nitrogens with one attached hydrogen (secondary N) is 1. The molecule has 140 valence electrons. The molecule has 1 aliphatic rings. The van der Waals surface area contributed by atoms with E-state index in [-0.39, 0.29) is 5.91 Å². The van der Waals surface area contributed by atoms with Crippen molar-refractivity contribution in [2.24, 2.45) is 0 Å². The van der Waals surface area contributed by atoms with Gasteiger partial charge < -0.3 is 10.2 Å². The minimum Gasteiger partial charge on any atom is -0.372 e. The van der Waals surface area contributed by atoms with Gasteiger partial charge in [0.2, 0.25) is 0 Å². The highest BCUT2D eigenvalue weighted by molar-refractivity contribution is 6.31. The van der Waals surface area contributed by atoms with Gasteiger partial charge in [-0.05, 0) is 62.1 Å². The van der Waals surface area contributed by atoms with Crippen molar-refractivity contribution in [1.82, 2.24) is 9.61 Å². The molecule has 5 nitrogen and oxygen atoms in total. The summed E-state index contributed by atoms with van der Waals surface area (Å²) in [4.78, 5) is 15.3. The Hall–Kier alpha value is -2.53. The molecule has 3 aromatic rings. The fraction of sp³-hybridized carbons (Fsp3) is 0.333. The van der Waals surface area contributed by atoms with Crippen molar-refractivity contribution in [2.45, 2.75) is 32.6 Å². The van der Waals surface area contributed by atoms with Gasteiger partial charge in [-0.1, -0.05) is 18.5 Å². The topological polar surface area (TPSA) is 49.6 Å². The predicted octanol–water partition coefficient (Wildman–Crippen LogP) is 4.79. The molecule has 1 N–H and O–H groups in total. The van der Waals surface area contributed by atoms with E-state index >= 15 is 0 Å². The maximum atomic E-state index is 12.9. The molecule has 1 amide bonds. The van der Waals surface area contributed by atoms with E-state index in [4.69, 9.17) is 11.6 Å². The molecule has 1 aliphatic heterocycles. The Bertz CT molecular complexity index is 958. The lowest BCUT2D eigenvalue weighted by atomic mass is 10.1. The van der Waals surface area contributed by atoms with Crippen LogP contribution in [0.25, 0.3) is 5.52 Å². The van der Waals surface area contributed by atoms with E-state index in [0.717, 1.165) is 30.0 Å². The van der Waals surface area contributed by atoms with E-state index in [1.165, 1.54) is 24.9 Å². The number of anilines is 2. The van der Waals surface area contributed by atoms with E-state index in [0.29, 0.717) is 17.0 Å². The number of nitrogens with zero attached hydrogens (tertiary/aromatic N) is 3. The van der Waals surface area contributed by atoms with Crippen molar-refractivity contribution >= 4 is 34.4 Å². The van der Waals surface area contributed by atoms with Gasteiger partial charge in [-0.15, -0.1) is 0 Å². The van der Waals surface area contributed by atoms with Crippen LogP contribution in [0.5, 0.6) is 0 Å². The van der Waals surface area contributed by atoms with Crippen LogP contribution in [-0.4, -0.2) is 28.6 Å². The number of carbonyl (C=O) groups is 1. The highest BCUT2D eigenvalue weighted by atomic mass is 35.5. The van der Waals surface area contributed by atoms with Gasteiger partial charge in [0.15, 0.2) is 0 Å². The Labute approximate surface area is 163 Å². The van der Waals surface area contributed by atoms with E-state index in [2.05, 4.69) is 27.4 Å². The molecular weight excluding hydrogens is 360 g/mol. The van der Waals surface area contributed by atoms with Crippen LogP contribution in [0.1, 0.15) is 42.2 Å². The second-order valence-corrected chi connectivity index (χ2v) is 7.34. The Morgan fingerprint density at radius 1 is 1.15 bits per heavy atom. The molecule has 6 heteroatoms. The van der Waals surface area contributed by atoms with Gasteiger partial charge in [0.25, 0.3) is 5.91 Å². The van der Waals surface area contributed by atoms with Crippen LogP contribution >= 0.6 is 11.6 Å². The second kappa shape index (κ2) is 7.61. The van der Waals surface area contributed by atoms with Crippen LogP contribution in [0.15, 0.2) is 42.6 Å². The molecule has 27 heavy (non-hydrogen) atoms. The van der Waals surface area contributed by atoms with Crippen molar-refractivity contribution in [3.8, 4) is 0 Å². The van der Waals surface area contributed by atoms with E-state index < -0.39 is 0 Å². The number of amides is 1. The maximum Gasteiger partial charge on any atom is 0.259 e. The minimum atomic E-state index is -0.158. The Balaban J connectivity index is 1.57. The lowest BCUT2D eigenvalue weighted by Crippen LogP contribution is -2.29. The highest BCUT2D eigenvalue weighted by Crippen LogP contribution is 2.24. The Morgan fingerprint density at radius 3 is 2.59 bits per heavy atom. The second-order valence-electron chi connectivity index (χ2n) is 6.90. The summed E-state index contributed by atoms with van der Waals surface area (Å²) >= 11 is 6.12. The highest BCUT2D eigenvalue weighted by Gasteiger charge is 2.19. The number of hydrogen-bond donors (Lipinski definition) is 1. The van der Waals surface area contributed by atoms with Gasteiger partial charge in [-0.3, -0.25) is 4.79 Å². The van der Waals surface area contributed by atoms with Gasteiger partial charge in [0, 0.05) is 35.7 Å². The first-order valence-corrected chi connectivity index (χ1v) is 9.86. The molecule has 0 aliphatic carbocycles. The number of fused-ring (bicyclic) bond motifs is 1. The van der Waals surface area contributed by atoms with Crippen molar-refractivity contribution in [2.75, 3.05) is 23.3 Å². The van der Waals surface area contributed by atoms with Crippen LogP contribution in [0, 0.1) is 0 Å². The Kier molecular flexibility index (Phi) is 5.03. The first kappa shape index (κ1) is 17.9. The normalized spacial score (nSPS) is 14.5. The molecule has 4 rings (SSSR count). The van der Waals surface area contributed by atoms with Gasteiger partial charge in [0.05, 0.1) is 16.8 Å².